The zero-order valence-corrected chi connectivity index (χ0v) is 9.61. The summed E-state index contributed by atoms with van der Waals surface area (Å²) in [5.74, 6) is 0.833. The van der Waals surface area contributed by atoms with Crippen LogP contribution in [-0.2, 0) is 11.3 Å². The first-order valence-electron chi connectivity index (χ1n) is 4.95. The number of rotatable bonds is 3. The van der Waals surface area contributed by atoms with Gasteiger partial charge in [-0.1, -0.05) is 0 Å². The highest BCUT2D eigenvalue weighted by atomic mass is 16.6. The lowest BCUT2D eigenvalue weighted by molar-refractivity contribution is 0.0821. The van der Waals surface area contributed by atoms with Gasteiger partial charge in [-0.3, -0.25) is 0 Å². The zero-order chi connectivity index (χ0) is 11.4. The maximum absolute atomic E-state index is 11.5. The summed E-state index contributed by atoms with van der Waals surface area (Å²) in [7, 11) is 1.71. The first kappa shape index (κ1) is 11.6. The summed E-state index contributed by atoms with van der Waals surface area (Å²) >= 11 is 0. The average molecular weight is 211 g/mol. The second-order valence-corrected chi connectivity index (χ2v) is 3.79. The Morgan fingerprint density at radius 3 is 2.73 bits per heavy atom. The van der Waals surface area contributed by atoms with Crippen molar-refractivity contribution in [2.45, 2.75) is 33.4 Å². The van der Waals surface area contributed by atoms with Crippen LogP contribution in [0.5, 0.6) is 0 Å². The van der Waals surface area contributed by atoms with Gasteiger partial charge in [0.2, 0.25) is 0 Å². The van der Waals surface area contributed by atoms with Crippen molar-refractivity contribution in [2.75, 3.05) is 7.05 Å². The lowest BCUT2D eigenvalue weighted by Crippen LogP contribution is -2.29. The Labute approximate surface area is 89.8 Å². The van der Waals surface area contributed by atoms with Crippen molar-refractivity contribution in [3.63, 3.8) is 0 Å². The molecule has 1 heterocycles. The number of hydrogen-bond donors (Lipinski definition) is 0. The van der Waals surface area contributed by atoms with Crippen molar-refractivity contribution < 1.29 is 13.9 Å². The van der Waals surface area contributed by atoms with Gasteiger partial charge in [-0.25, -0.2) is 4.79 Å². The first-order valence-corrected chi connectivity index (χ1v) is 4.95. The monoisotopic (exact) mass is 211 g/mol. The molecule has 0 radical (unpaired) electrons. The lowest BCUT2D eigenvalue weighted by Gasteiger charge is -2.18. The van der Waals surface area contributed by atoms with Crippen LogP contribution in [0.3, 0.4) is 0 Å². The molecule has 0 aliphatic heterocycles. The average Bonchev–Trinajstić information content (AvgIpc) is 2.50. The fourth-order valence-electron chi connectivity index (χ4n) is 1.19. The minimum atomic E-state index is -0.314. The molecule has 0 aliphatic rings. The second-order valence-electron chi connectivity index (χ2n) is 3.79. The van der Waals surface area contributed by atoms with Gasteiger partial charge in [-0.15, -0.1) is 0 Å². The SMILES string of the molecule is Cc1occc1CN(C)C(=O)OC(C)C. The molecule has 1 rings (SSSR count). The Bertz CT molecular complexity index is 330. The van der Waals surface area contributed by atoms with Gasteiger partial charge in [0.15, 0.2) is 0 Å². The summed E-state index contributed by atoms with van der Waals surface area (Å²) in [4.78, 5) is 13.0. The molecule has 0 spiro atoms. The lowest BCUT2D eigenvalue weighted by atomic mass is 10.2. The molecule has 0 saturated heterocycles. The van der Waals surface area contributed by atoms with Crippen LogP contribution in [0.1, 0.15) is 25.2 Å². The predicted molar refractivity (Wildman–Crippen MR) is 56.5 cm³/mol. The van der Waals surface area contributed by atoms with Crippen molar-refractivity contribution in [2.24, 2.45) is 0 Å². The van der Waals surface area contributed by atoms with Crippen LogP contribution in [0.4, 0.5) is 4.79 Å². The van der Waals surface area contributed by atoms with E-state index in [2.05, 4.69) is 0 Å². The number of hydrogen-bond acceptors (Lipinski definition) is 3. The van der Waals surface area contributed by atoms with Gasteiger partial charge in [-0.2, -0.15) is 0 Å². The first-order chi connectivity index (χ1) is 7.00. The summed E-state index contributed by atoms with van der Waals surface area (Å²) in [5, 5.41) is 0. The van der Waals surface area contributed by atoms with Crippen LogP contribution in [0, 0.1) is 6.92 Å². The second kappa shape index (κ2) is 4.87. The van der Waals surface area contributed by atoms with Gasteiger partial charge in [-0.05, 0) is 26.8 Å². The van der Waals surface area contributed by atoms with E-state index >= 15 is 0 Å². The molecule has 0 saturated carbocycles. The topological polar surface area (TPSA) is 42.7 Å². The molecule has 0 N–H and O–H groups in total. The molecule has 84 valence electrons. The van der Waals surface area contributed by atoms with Gasteiger partial charge in [0, 0.05) is 12.6 Å². The number of carbonyl (C=O) groups excluding carboxylic acids is 1. The third kappa shape index (κ3) is 3.31. The van der Waals surface area contributed by atoms with E-state index in [4.69, 9.17) is 9.15 Å². The smallest absolute Gasteiger partial charge is 0.410 e. The fourth-order valence-corrected chi connectivity index (χ4v) is 1.19. The van der Waals surface area contributed by atoms with Crippen LogP contribution in [0.15, 0.2) is 16.7 Å². The van der Waals surface area contributed by atoms with E-state index in [1.165, 1.54) is 4.90 Å². The van der Waals surface area contributed by atoms with Gasteiger partial charge < -0.3 is 14.1 Å². The van der Waals surface area contributed by atoms with Crippen LogP contribution in [0.25, 0.3) is 0 Å². The number of furan rings is 1. The Kier molecular flexibility index (Phi) is 3.77. The Morgan fingerprint density at radius 1 is 1.60 bits per heavy atom. The molecule has 15 heavy (non-hydrogen) atoms. The fraction of sp³-hybridized carbons (Fsp3) is 0.545. The third-order valence-electron chi connectivity index (χ3n) is 2.02. The van der Waals surface area contributed by atoms with Crippen LogP contribution < -0.4 is 0 Å². The summed E-state index contributed by atoms with van der Waals surface area (Å²) < 4.78 is 10.2. The van der Waals surface area contributed by atoms with Crippen molar-refractivity contribution in [3.8, 4) is 0 Å². The van der Waals surface area contributed by atoms with Crippen molar-refractivity contribution >= 4 is 6.09 Å². The summed E-state index contributed by atoms with van der Waals surface area (Å²) in [6.07, 6.45) is 1.21. The summed E-state index contributed by atoms with van der Waals surface area (Å²) in [6.45, 7) is 6.04. The predicted octanol–water partition coefficient (Wildman–Crippen LogP) is 2.56. The molecule has 0 fully saturated rings. The number of amides is 1. The molecule has 0 atom stereocenters. The molecule has 0 aliphatic carbocycles. The highest BCUT2D eigenvalue weighted by molar-refractivity contribution is 5.67. The van der Waals surface area contributed by atoms with Crippen LogP contribution in [0.2, 0.25) is 0 Å². The number of carbonyl (C=O) groups is 1. The van der Waals surface area contributed by atoms with Gasteiger partial charge >= 0.3 is 6.09 Å². The summed E-state index contributed by atoms with van der Waals surface area (Å²) in [5.41, 5.74) is 0.998. The van der Waals surface area contributed by atoms with E-state index < -0.39 is 0 Å². The van der Waals surface area contributed by atoms with Gasteiger partial charge in [0.1, 0.15) is 5.76 Å². The summed E-state index contributed by atoms with van der Waals surface area (Å²) in [6, 6.07) is 1.86. The quantitative estimate of drug-likeness (QED) is 0.771. The molecular formula is C11H17NO3. The molecule has 0 aromatic carbocycles. The number of nitrogens with zero attached hydrogens (tertiary/aromatic N) is 1. The molecule has 1 aromatic rings. The van der Waals surface area contributed by atoms with Crippen LogP contribution in [-0.4, -0.2) is 24.1 Å². The normalized spacial score (nSPS) is 10.5. The highest BCUT2D eigenvalue weighted by Gasteiger charge is 2.13. The molecule has 1 aromatic heterocycles. The van der Waals surface area contributed by atoms with E-state index in [1.54, 1.807) is 13.3 Å². The molecule has 1 amide bonds. The van der Waals surface area contributed by atoms with Gasteiger partial charge in [0.05, 0.1) is 18.9 Å². The maximum atomic E-state index is 11.5. The largest absolute Gasteiger partial charge is 0.469 e. The minimum absolute atomic E-state index is 0.0922. The third-order valence-corrected chi connectivity index (χ3v) is 2.02. The molecule has 4 heteroatoms. The molecule has 0 unspecified atom stereocenters. The van der Waals surface area contributed by atoms with E-state index in [0.29, 0.717) is 6.54 Å². The highest BCUT2D eigenvalue weighted by Crippen LogP contribution is 2.11. The Morgan fingerprint density at radius 2 is 2.27 bits per heavy atom. The van der Waals surface area contributed by atoms with E-state index in [1.807, 2.05) is 26.8 Å². The van der Waals surface area contributed by atoms with E-state index in [-0.39, 0.29) is 12.2 Å². The van der Waals surface area contributed by atoms with Crippen molar-refractivity contribution in [1.82, 2.24) is 4.90 Å². The Balaban J connectivity index is 2.52. The Hall–Kier alpha value is -1.45. The van der Waals surface area contributed by atoms with Gasteiger partial charge in [0.25, 0.3) is 0 Å². The molecule has 0 bridgehead atoms. The maximum Gasteiger partial charge on any atom is 0.410 e. The van der Waals surface area contributed by atoms with Crippen molar-refractivity contribution in [1.29, 1.82) is 0 Å². The van der Waals surface area contributed by atoms with E-state index in [0.717, 1.165) is 11.3 Å². The standard InChI is InChI=1S/C11H17NO3/c1-8(2)15-11(13)12(4)7-10-5-6-14-9(10)3/h5-6,8H,7H2,1-4H3. The van der Waals surface area contributed by atoms with Crippen molar-refractivity contribution in [3.05, 3.63) is 23.7 Å². The van der Waals surface area contributed by atoms with E-state index in [9.17, 15) is 4.79 Å². The van der Waals surface area contributed by atoms with Crippen LogP contribution >= 0.6 is 0 Å². The molecule has 4 nitrogen and oxygen atoms in total. The zero-order valence-electron chi connectivity index (χ0n) is 9.61. The number of ether oxygens (including phenoxy) is 1. The molecular weight excluding hydrogens is 194 g/mol. The minimum Gasteiger partial charge on any atom is -0.469 e. The number of aryl methyl sites for hydroxylation is 1.